The van der Waals surface area contributed by atoms with E-state index in [0.29, 0.717) is 11.8 Å². The Morgan fingerprint density at radius 1 is 1.27 bits per heavy atom. The van der Waals surface area contributed by atoms with Gasteiger partial charge in [0.15, 0.2) is 0 Å². The second-order valence-corrected chi connectivity index (χ2v) is 5.98. The first-order chi connectivity index (χ1) is 7.27. The summed E-state index contributed by atoms with van der Waals surface area (Å²) in [6.07, 6.45) is 6.63. The minimum atomic E-state index is 0.474. The molecule has 1 aliphatic carbocycles. The van der Waals surface area contributed by atoms with Crippen molar-refractivity contribution in [1.82, 2.24) is 4.90 Å². The van der Waals surface area contributed by atoms with Gasteiger partial charge in [-0.05, 0) is 38.5 Å². The second-order valence-electron chi connectivity index (χ2n) is 4.83. The quantitative estimate of drug-likeness (QED) is 0.722. The summed E-state index contributed by atoms with van der Waals surface area (Å²) >= 11 is 2.07. The van der Waals surface area contributed by atoms with Gasteiger partial charge in [-0.1, -0.05) is 0 Å². The van der Waals surface area contributed by atoms with E-state index in [9.17, 15) is 4.79 Å². The van der Waals surface area contributed by atoms with Crippen molar-refractivity contribution in [3.05, 3.63) is 0 Å². The summed E-state index contributed by atoms with van der Waals surface area (Å²) in [4.78, 5) is 13.9. The minimum Gasteiger partial charge on any atom is -0.300 e. The maximum atomic E-state index is 11.4. The summed E-state index contributed by atoms with van der Waals surface area (Å²) in [5.74, 6) is 3.07. The van der Waals surface area contributed by atoms with Crippen LogP contribution in [0.1, 0.15) is 38.5 Å². The van der Waals surface area contributed by atoms with E-state index in [1.807, 2.05) is 0 Å². The third-order valence-corrected chi connectivity index (χ3v) is 4.94. The van der Waals surface area contributed by atoms with Gasteiger partial charge in [-0.15, -0.1) is 0 Å². The number of thioether (sulfide) groups is 1. The molecule has 0 bridgehead atoms. The molecule has 3 heteroatoms. The minimum absolute atomic E-state index is 0.474. The summed E-state index contributed by atoms with van der Waals surface area (Å²) < 4.78 is 0. The van der Waals surface area contributed by atoms with E-state index >= 15 is 0 Å². The number of carbonyl (C=O) groups is 1. The molecule has 0 N–H and O–H groups in total. The molecule has 2 nitrogen and oxygen atoms in total. The van der Waals surface area contributed by atoms with Crippen molar-refractivity contribution in [2.75, 3.05) is 18.6 Å². The molecule has 0 amide bonds. The maximum Gasteiger partial charge on any atom is 0.134 e. The van der Waals surface area contributed by atoms with Crippen LogP contribution in [0.15, 0.2) is 0 Å². The van der Waals surface area contributed by atoms with Gasteiger partial charge in [0.2, 0.25) is 0 Å². The zero-order valence-electron chi connectivity index (χ0n) is 9.58. The van der Waals surface area contributed by atoms with Crippen molar-refractivity contribution in [2.45, 2.75) is 50.6 Å². The van der Waals surface area contributed by atoms with E-state index in [1.165, 1.54) is 30.8 Å². The van der Waals surface area contributed by atoms with Gasteiger partial charge in [0.25, 0.3) is 0 Å². The van der Waals surface area contributed by atoms with Gasteiger partial charge in [0.1, 0.15) is 5.78 Å². The van der Waals surface area contributed by atoms with Gasteiger partial charge in [-0.25, -0.2) is 0 Å². The molecule has 2 unspecified atom stereocenters. The lowest BCUT2D eigenvalue weighted by Crippen LogP contribution is -2.45. The van der Waals surface area contributed by atoms with Gasteiger partial charge < -0.3 is 0 Å². The molecule has 2 aliphatic rings. The first kappa shape index (κ1) is 11.5. The Labute approximate surface area is 96.8 Å². The van der Waals surface area contributed by atoms with Gasteiger partial charge in [-0.3, -0.25) is 9.69 Å². The predicted octanol–water partition coefficient (Wildman–Crippen LogP) is 2.33. The van der Waals surface area contributed by atoms with Crippen molar-refractivity contribution in [1.29, 1.82) is 0 Å². The Morgan fingerprint density at radius 3 is 2.73 bits per heavy atom. The molecule has 15 heavy (non-hydrogen) atoms. The molecule has 1 saturated heterocycles. The second kappa shape index (κ2) is 5.35. The van der Waals surface area contributed by atoms with Crippen LogP contribution < -0.4 is 0 Å². The molecule has 1 aliphatic heterocycles. The highest BCUT2D eigenvalue weighted by Gasteiger charge is 2.28. The Hall–Kier alpha value is -0.0200. The van der Waals surface area contributed by atoms with Crippen molar-refractivity contribution >= 4 is 17.5 Å². The fraction of sp³-hybridized carbons (Fsp3) is 0.917. The molecular formula is C12H21NOS. The smallest absolute Gasteiger partial charge is 0.134 e. The summed E-state index contributed by atoms with van der Waals surface area (Å²) in [5, 5.41) is 0. The van der Waals surface area contributed by atoms with Gasteiger partial charge >= 0.3 is 0 Å². The summed E-state index contributed by atoms with van der Waals surface area (Å²) in [5.41, 5.74) is 0. The number of Topliss-reactive ketones (excluding diaryl/α,β-unsaturated/α-hetero) is 1. The fourth-order valence-corrected chi connectivity index (χ4v) is 3.90. The Kier molecular flexibility index (Phi) is 4.09. The SMILES string of the molecule is CN(C1CCCSC1)C1CCCC(=O)C1. The van der Waals surface area contributed by atoms with E-state index in [1.54, 1.807) is 0 Å². The van der Waals surface area contributed by atoms with Crippen LogP contribution in [0, 0.1) is 0 Å². The Morgan fingerprint density at radius 2 is 2.07 bits per heavy atom. The number of hydrogen-bond acceptors (Lipinski definition) is 3. The summed E-state index contributed by atoms with van der Waals surface area (Å²) in [6, 6.07) is 1.26. The van der Waals surface area contributed by atoms with E-state index in [-0.39, 0.29) is 0 Å². The Bertz CT molecular complexity index is 226. The number of nitrogens with zero attached hydrogens (tertiary/aromatic N) is 1. The topological polar surface area (TPSA) is 20.3 Å². The van der Waals surface area contributed by atoms with Crippen LogP contribution in [0.4, 0.5) is 0 Å². The maximum absolute atomic E-state index is 11.4. The van der Waals surface area contributed by atoms with E-state index in [2.05, 4.69) is 23.7 Å². The third-order valence-electron chi connectivity index (χ3n) is 3.74. The van der Waals surface area contributed by atoms with Crippen LogP contribution in [-0.4, -0.2) is 41.3 Å². The molecule has 1 heterocycles. The average Bonchev–Trinajstić information content (AvgIpc) is 2.29. The number of ketones is 1. The van der Waals surface area contributed by atoms with Crippen molar-refractivity contribution in [2.24, 2.45) is 0 Å². The summed E-state index contributed by atoms with van der Waals surface area (Å²) in [7, 11) is 2.22. The first-order valence-electron chi connectivity index (χ1n) is 6.09. The van der Waals surface area contributed by atoms with Crippen LogP contribution >= 0.6 is 11.8 Å². The molecule has 0 aromatic heterocycles. The Balaban J connectivity index is 1.87. The van der Waals surface area contributed by atoms with Crippen molar-refractivity contribution < 1.29 is 4.79 Å². The van der Waals surface area contributed by atoms with Crippen molar-refractivity contribution in [3.63, 3.8) is 0 Å². The molecule has 0 aromatic rings. The highest BCUT2D eigenvalue weighted by Crippen LogP contribution is 2.26. The molecule has 0 spiro atoms. The van der Waals surface area contributed by atoms with Gasteiger partial charge in [0.05, 0.1) is 0 Å². The van der Waals surface area contributed by atoms with Gasteiger partial charge in [0, 0.05) is 30.7 Å². The molecule has 2 atom stereocenters. The first-order valence-corrected chi connectivity index (χ1v) is 7.24. The van der Waals surface area contributed by atoms with E-state index in [0.717, 1.165) is 25.3 Å². The van der Waals surface area contributed by atoms with Crippen LogP contribution in [0.25, 0.3) is 0 Å². The lowest BCUT2D eigenvalue weighted by Gasteiger charge is -2.38. The van der Waals surface area contributed by atoms with Crippen LogP contribution in [-0.2, 0) is 4.79 Å². The molecule has 0 aromatic carbocycles. The highest BCUT2D eigenvalue weighted by molar-refractivity contribution is 7.99. The van der Waals surface area contributed by atoms with E-state index < -0.39 is 0 Å². The number of hydrogen-bond donors (Lipinski definition) is 0. The molecule has 0 radical (unpaired) electrons. The lowest BCUT2D eigenvalue weighted by molar-refractivity contribution is -0.122. The molecule has 2 fully saturated rings. The average molecular weight is 227 g/mol. The molecular weight excluding hydrogens is 206 g/mol. The van der Waals surface area contributed by atoms with Gasteiger partial charge in [-0.2, -0.15) is 11.8 Å². The van der Waals surface area contributed by atoms with Crippen LogP contribution in [0.3, 0.4) is 0 Å². The van der Waals surface area contributed by atoms with Crippen molar-refractivity contribution in [3.8, 4) is 0 Å². The summed E-state index contributed by atoms with van der Waals surface area (Å²) in [6.45, 7) is 0. The zero-order chi connectivity index (χ0) is 10.7. The van der Waals surface area contributed by atoms with Crippen LogP contribution in [0.5, 0.6) is 0 Å². The zero-order valence-corrected chi connectivity index (χ0v) is 10.4. The molecule has 86 valence electrons. The molecule has 2 rings (SSSR count). The third kappa shape index (κ3) is 2.97. The normalized spacial score (nSPS) is 33.3. The standard InChI is InChI=1S/C12H21NOS/c1-13(11-5-3-7-15-9-11)10-4-2-6-12(14)8-10/h10-11H,2-9H2,1H3. The highest BCUT2D eigenvalue weighted by atomic mass is 32.2. The molecule has 1 saturated carbocycles. The lowest BCUT2D eigenvalue weighted by atomic mass is 9.92. The predicted molar refractivity (Wildman–Crippen MR) is 65.4 cm³/mol. The number of carbonyl (C=O) groups excluding carboxylic acids is 1. The van der Waals surface area contributed by atoms with Crippen LogP contribution in [0.2, 0.25) is 0 Å². The number of rotatable bonds is 2. The largest absolute Gasteiger partial charge is 0.300 e. The van der Waals surface area contributed by atoms with E-state index in [4.69, 9.17) is 0 Å². The fourth-order valence-electron chi connectivity index (χ4n) is 2.69. The monoisotopic (exact) mass is 227 g/mol.